The van der Waals surface area contributed by atoms with E-state index in [4.69, 9.17) is 40.1 Å². The van der Waals surface area contributed by atoms with E-state index >= 15 is 0 Å². The normalized spacial score (nSPS) is 10.1. The molecule has 2 rings (SSSR count). The summed E-state index contributed by atoms with van der Waals surface area (Å²) in [5, 5.41) is 13.3. The van der Waals surface area contributed by atoms with Crippen LogP contribution in [0.4, 0.5) is 11.4 Å². The maximum Gasteiger partial charge on any atom is 0.0992 e. The first-order chi connectivity index (χ1) is 8.99. The van der Waals surface area contributed by atoms with Gasteiger partial charge in [-0.25, -0.2) is 0 Å². The molecule has 0 aromatic heterocycles. The predicted octanol–water partition coefficient (Wildman–Crippen LogP) is 6.02. The lowest BCUT2D eigenvalue weighted by atomic mass is 10.2. The van der Waals surface area contributed by atoms with E-state index in [0.29, 0.717) is 26.3 Å². The van der Waals surface area contributed by atoms with Crippen molar-refractivity contribution in [2.24, 2.45) is 0 Å². The van der Waals surface area contributed by atoms with Gasteiger partial charge >= 0.3 is 0 Å². The van der Waals surface area contributed by atoms with Gasteiger partial charge in [-0.1, -0.05) is 50.7 Å². The van der Waals surface area contributed by atoms with E-state index in [1.165, 1.54) is 0 Å². The summed E-state index contributed by atoms with van der Waals surface area (Å²) >= 11 is 21.2. The van der Waals surface area contributed by atoms with Gasteiger partial charge in [0.1, 0.15) is 0 Å². The fraction of sp³-hybridized carbons (Fsp3) is 0. The molecule has 2 aromatic rings. The third-order valence-corrected chi connectivity index (χ3v) is 3.81. The van der Waals surface area contributed by atoms with Crippen LogP contribution in [0.1, 0.15) is 5.56 Å². The first-order valence-corrected chi connectivity index (χ1v) is 7.04. The van der Waals surface area contributed by atoms with Crippen molar-refractivity contribution in [3.8, 4) is 6.07 Å². The SMILES string of the molecule is N#Cc1cc(Br)cc(Nc2cc(Cl)c(Cl)cc2Cl)c1. The molecule has 0 saturated heterocycles. The molecule has 0 amide bonds. The zero-order chi connectivity index (χ0) is 14.0. The van der Waals surface area contributed by atoms with Crippen LogP contribution in [0.5, 0.6) is 0 Å². The topological polar surface area (TPSA) is 35.8 Å². The molecule has 0 atom stereocenters. The number of nitriles is 1. The summed E-state index contributed by atoms with van der Waals surface area (Å²) < 4.78 is 0.797. The van der Waals surface area contributed by atoms with Crippen molar-refractivity contribution in [1.82, 2.24) is 0 Å². The zero-order valence-electron chi connectivity index (χ0n) is 9.35. The Balaban J connectivity index is 2.39. The largest absolute Gasteiger partial charge is 0.354 e. The van der Waals surface area contributed by atoms with E-state index in [0.717, 1.165) is 10.2 Å². The van der Waals surface area contributed by atoms with Crippen molar-refractivity contribution in [2.75, 3.05) is 5.32 Å². The summed E-state index contributed by atoms with van der Waals surface area (Å²) in [4.78, 5) is 0. The van der Waals surface area contributed by atoms with E-state index in [1.54, 1.807) is 24.3 Å². The smallest absolute Gasteiger partial charge is 0.0992 e. The highest BCUT2D eigenvalue weighted by Gasteiger charge is 2.07. The first-order valence-electron chi connectivity index (χ1n) is 5.12. The van der Waals surface area contributed by atoms with Gasteiger partial charge in [-0.15, -0.1) is 0 Å². The van der Waals surface area contributed by atoms with Gasteiger partial charge in [0.25, 0.3) is 0 Å². The second-order valence-corrected chi connectivity index (χ2v) is 5.85. The molecule has 0 aliphatic carbocycles. The minimum Gasteiger partial charge on any atom is -0.354 e. The van der Waals surface area contributed by atoms with E-state index in [9.17, 15) is 0 Å². The maximum absolute atomic E-state index is 8.92. The number of hydrogen-bond acceptors (Lipinski definition) is 2. The van der Waals surface area contributed by atoms with Gasteiger partial charge in [0, 0.05) is 10.2 Å². The van der Waals surface area contributed by atoms with Gasteiger partial charge in [0.15, 0.2) is 0 Å². The summed E-state index contributed by atoms with van der Waals surface area (Å²) in [5.74, 6) is 0. The maximum atomic E-state index is 8.92. The monoisotopic (exact) mass is 374 g/mol. The van der Waals surface area contributed by atoms with E-state index in [2.05, 4.69) is 27.3 Å². The van der Waals surface area contributed by atoms with Crippen molar-refractivity contribution in [3.05, 3.63) is 55.4 Å². The first kappa shape index (κ1) is 14.5. The molecule has 0 aliphatic heterocycles. The van der Waals surface area contributed by atoms with Crippen LogP contribution < -0.4 is 5.32 Å². The summed E-state index contributed by atoms with van der Waals surface area (Å²) in [6.07, 6.45) is 0. The molecule has 96 valence electrons. The average molecular weight is 376 g/mol. The molecule has 0 bridgehead atoms. The Morgan fingerprint density at radius 3 is 2.32 bits per heavy atom. The Kier molecular flexibility index (Phi) is 4.59. The number of hydrogen-bond donors (Lipinski definition) is 1. The Hall–Kier alpha value is -0.920. The van der Waals surface area contributed by atoms with Gasteiger partial charge in [-0.2, -0.15) is 5.26 Å². The molecule has 0 unspecified atom stereocenters. The summed E-state index contributed by atoms with van der Waals surface area (Å²) in [7, 11) is 0. The van der Waals surface area contributed by atoms with Crippen molar-refractivity contribution < 1.29 is 0 Å². The molecule has 0 fully saturated rings. The van der Waals surface area contributed by atoms with Gasteiger partial charge in [-0.05, 0) is 30.3 Å². The molecule has 2 aromatic carbocycles. The van der Waals surface area contributed by atoms with E-state index in [1.807, 2.05) is 6.07 Å². The van der Waals surface area contributed by atoms with Crippen molar-refractivity contribution in [1.29, 1.82) is 5.26 Å². The van der Waals surface area contributed by atoms with Crippen LogP contribution in [-0.4, -0.2) is 0 Å². The molecular formula is C13H6BrCl3N2. The van der Waals surface area contributed by atoms with Crippen LogP contribution in [0.25, 0.3) is 0 Å². The number of anilines is 2. The highest BCUT2D eigenvalue weighted by atomic mass is 79.9. The molecule has 0 radical (unpaired) electrons. The lowest BCUT2D eigenvalue weighted by Gasteiger charge is -2.10. The fourth-order valence-electron chi connectivity index (χ4n) is 1.50. The Morgan fingerprint density at radius 2 is 1.63 bits per heavy atom. The van der Waals surface area contributed by atoms with Crippen LogP contribution in [-0.2, 0) is 0 Å². The van der Waals surface area contributed by atoms with Crippen LogP contribution in [0, 0.1) is 11.3 Å². The summed E-state index contributed by atoms with van der Waals surface area (Å²) in [5.41, 5.74) is 1.89. The number of nitrogens with one attached hydrogen (secondary N) is 1. The molecule has 0 saturated carbocycles. The second-order valence-electron chi connectivity index (χ2n) is 3.71. The Labute approximate surface area is 134 Å². The van der Waals surface area contributed by atoms with Crippen LogP contribution in [0.2, 0.25) is 15.1 Å². The van der Waals surface area contributed by atoms with Gasteiger partial charge in [-0.3, -0.25) is 0 Å². The van der Waals surface area contributed by atoms with Gasteiger partial charge < -0.3 is 5.32 Å². The van der Waals surface area contributed by atoms with E-state index < -0.39 is 0 Å². The molecule has 19 heavy (non-hydrogen) atoms. The van der Waals surface area contributed by atoms with Crippen molar-refractivity contribution in [3.63, 3.8) is 0 Å². The molecular weight excluding hydrogens is 370 g/mol. The third-order valence-electron chi connectivity index (χ3n) is 2.32. The molecule has 0 spiro atoms. The highest BCUT2D eigenvalue weighted by Crippen LogP contribution is 2.34. The van der Waals surface area contributed by atoms with Crippen LogP contribution in [0.15, 0.2) is 34.8 Å². The third kappa shape index (κ3) is 3.55. The summed E-state index contributed by atoms with van der Waals surface area (Å²) in [6.45, 7) is 0. The quantitative estimate of drug-likeness (QED) is 0.650. The Morgan fingerprint density at radius 1 is 0.947 bits per heavy atom. The van der Waals surface area contributed by atoms with Gasteiger partial charge in [0.2, 0.25) is 0 Å². The number of rotatable bonds is 2. The molecule has 1 N–H and O–H groups in total. The lowest BCUT2D eigenvalue weighted by molar-refractivity contribution is 1.46. The minimum atomic E-state index is 0.393. The number of halogens is 4. The predicted molar refractivity (Wildman–Crippen MR) is 83.6 cm³/mol. The minimum absolute atomic E-state index is 0.393. The van der Waals surface area contributed by atoms with Crippen LogP contribution >= 0.6 is 50.7 Å². The number of nitrogens with zero attached hydrogens (tertiary/aromatic N) is 1. The van der Waals surface area contributed by atoms with E-state index in [-0.39, 0.29) is 0 Å². The Bertz CT molecular complexity index is 680. The summed E-state index contributed by atoms with van der Waals surface area (Å²) in [6, 6.07) is 10.6. The molecule has 0 heterocycles. The zero-order valence-corrected chi connectivity index (χ0v) is 13.2. The molecule has 0 aliphatic rings. The van der Waals surface area contributed by atoms with Crippen molar-refractivity contribution in [2.45, 2.75) is 0 Å². The molecule has 6 heteroatoms. The van der Waals surface area contributed by atoms with Crippen molar-refractivity contribution >= 4 is 62.1 Å². The van der Waals surface area contributed by atoms with Crippen LogP contribution in [0.3, 0.4) is 0 Å². The molecule has 2 nitrogen and oxygen atoms in total. The standard InChI is InChI=1S/C13H6BrCl3N2/c14-8-1-7(6-18)2-9(3-8)19-13-5-11(16)10(15)4-12(13)17/h1-5,19H. The average Bonchev–Trinajstić information content (AvgIpc) is 2.35. The number of benzene rings is 2. The highest BCUT2D eigenvalue weighted by molar-refractivity contribution is 9.10. The lowest BCUT2D eigenvalue weighted by Crippen LogP contribution is -1.92. The van der Waals surface area contributed by atoms with Gasteiger partial charge in [0.05, 0.1) is 32.4 Å². The second kappa shape index (κ2) is 6.02. The fourth-order valence-corrected chi connectivity index (χ4v) is 2.59.